The van der Waals surface area contributed by atoms with Crippen LogP contribution in [-0.4, -0.2) is 35.7 Å². The first-order valence-corrected chi connectivity index (χ1v) is 11.5. The molecule has 10 heteroatoms. The lowest BCUT2D eigenvalue weighted by Gasteiger charge is -2.29. The average molecular weight is 475 g/mol. The van der Waals surface area contributed by atoms with Crippen LogP contribution in [0.25, 0.3) is 10.9 Å². The minimum absolute atomic E-state index is 0.0331. The summed E-state index contributed by atoms with van der Waals surface area (Å²) in [6.45, 7) is 4.40. The Hall–Kier alpha value is -3.11. The van der Waals surface area contributed by atoms with Crippen molar-refractivity contribution in [3.8, 4) is 5.75 Å². The summed E-state index contributed by atoms with van der Waals surface area (Å²) in [7, 11) is 0. The topological polar surface area (TPSA) is 111 Å². The largest absolute Gasteiger partial charge is 0.488 e. The van der Waals surface area contributed by atoms with Crippen LogP contribution in [0.2, 0.25) is 0 Å². The van der Waals surface area contributed by atoms with Gasteiger partial charge in [0, 0.05) is 17.9 Å². The van der Waals surface area contributed by atoms with Gasteiger partial charge in [-0.25, -0.2) is 23.1 Å². The molecule has 4 rings (SSSR count). The summed E-state index contributed by atoms with van der Waals surface area (Å²) in [5.41, 5.74) is 12.6. The van der Waals surface area contributed by atoms with Crippen LogP contribution in [0.4, 0.5) is 30.4 Å². The minimum Gasteiger partial charge on any atom is -0.488 e. The Morgan fingerprint density at radius 2 is 1.91 bits per heavy atom. The number of halogens is 3. The first-order chi connectivity index (χ1) is 16.4. The van der Waals surface area contributed by atoms with Gasteiger partial charge in [-0.05, 0) is 69.9 Å². The van der Waals surface area contributed by atoms with Crippen molar-refractivity contribution >= 4 is 28.1 Å². The lowest BCUT2D eigenvalue weighted by atomic mass is 9.93. The summed E-state index contributed by atoms with van der Waals surface area (Å²) >= 11 is 0. The summed E-state index contributed by atoms with van der Waals surface area (Å²) in [4.78, 5) is 9.08. The van der Waals surface area contributed by atoms with E-state index in [2.05, 4.69) is 20.6 Å². The van der Waals surface area contributed by atoms with E-state index in [1.54, 1.807) is 12.1 Å². The Kier molecular flexibility index (Phi) is 7.38. The number of nitrogens with one attached hydrogen (secondary N) is 2. The highest BCUT2D eigenvalue weighted by molar-refractivity contribution is 5.94. The standard InChI is InChI=1S/C24H29F3N6O/c1-13(14-6-9-30-10-7-14)34-20-12-19-15(11-17(20)29)24(33-21(31-19)3-2-8-28)32-18-5-4-16(25)22(26)23(18)27/h4-5,11-14,30H,2-3,6-10,28-29H2,1H3,(H,31,32,33). The lowest BCUT2D eigenvalue weighted by Crippen LogP contribution is -2.35. The highest BCUT2D eigenvalue weighted by Crippen LogP contribution is 2.34. The van der Waals surface area contributed by atoms with Crippen LogP contribution in [0.1, 0.15) is 32.0 Å². The maximum Gasteiger partial charge on any atom is 0.196 e. The molecule has 7 nitrogen and oxygen atoms in total. The number of anilines is 3. The van der Waals surface area contributed by atoms with Gasteiger partial charge in [-0.3, -0.25) is 0 Å². The normalized spacial score (nSPS) is 15.4. The van der Waals surface area contributed by atoms with Crippen molar-refractivity contribution in [3.05, 3.63) is 47.5 Å². The maximum atomic E-state index is 14.3. The maximum absolute atomic E-state index is 14.3. The smallest absolute Gasteiger partial charge is 0.196 e. The summed E-state index contributed by atoms with van der Waals surface area (Å²) in [6, 6.07) is 5.35. The number of rotatable bonds is 8. The van der Waals surface area contributed by atoms with E-state index < -0.39 is 17.5 Å². The van der Waals surface area contributed by atoms with Gasteiger partial charge in [0.1, 0.15) is 17.4 Å². The van der Waals surface area contributed by atoms with Crippen LogP contribution in [0.3, 0.4) is 0 Å². The van der Waals surface area contributed by atoms with E-state index in [0.717, 1.165) is 38.1 Å². The Balaban J connectivity index is 1.71. The van der Waals surface area contributed by atoms with Crippen molar-refractivity contribution in [1.29, 1.82) is 0 Å². The van der Waals surface area contributed by atoms with Crippen LogP contribution in [0, 0.1) is 23.4 Å². The van der Waals surface area contributed by atoms with E-state index in [-0.39, 0.29) is 17.6 Å². The number of aromatic nitrogens is 2. The van der Waals surface area contributed by atoms with E-state index in [1.807, 2.05) is 6.92 Å². The highest BCUT2D eigenvalue weighted by Gasteiger charge is 2.23. The molecular weight excluding hydrogens is 445 g/mol. The molecule has 0 radical (unpaired) electrons. The van der Waals surface area contributed by atoms with E-state index in [4.69, 9.17) is 16.2 Å². The number of piperidine rings is 1. The molecule has 0 saturated carbocycles. The molecule has 1 aliphatic rings. The number of ether oxygens (including phenoxy) is 1. The zero-order chi connectivity index (χ0) is 24.2. The van der Waals surface area contributed by atoms with Gasteiger partial charge < -0.3 is 26.8 Å². The molecule has 1 unspecified atom stereocenters. The molecule has 0 bridgehead atoms. The van der Waals surface area contributed by atoms with Gasteiger partial charge in [-0.1, -0.05) is 0 Å². The second-order valence-corrected chi connectivity index (χ2v) is 8.55. The van der Waals surface area contributed by atoms with Gasteiger partial charge in [0.15, 0.2) is 17.5 Å². The third-order valence-electron chi connectivity index (χ3n) is 6.13. The fourth-order valence-electron chi connectivity index (χ4n) is 4.15. The van der Waals surface area contributed by atoms with Gasteiger partial charge >= 0.3 is 0 Å². The molecule has 182 valence electrons. The average Bonchev–Trinajstić information content (AvgIpc) is 2.84. The Morgan fingerprint density at radius 3 is 2.65 bits per heavy atom. The third-order valence-corrected chi connectivity index (χ3v) is 6.13. The molecule has 0 spiro atoms. The number of hydrogen-bond acceptors (Lipinski definition) is 7. The quantitative estimate of drug-likeness (QED) is 0.288. The number of benzene rings is 2. The van der Waals surface area contributed by atoms with Crippen LogP contribution < -0.4 is 26.8 Å². The second-order valence-electron chi connectivity index (χ2n) is 8.55. The fourth-order valence-corrected chi connectivity index (χ4v) is 4.15. The van der Waals surface area contributed by atoms with Crippen molar-refractivity contribution in [1.82, 2.24) is 15.3 Å². The molecule has 1 fully saturated rings. The summed E-state index contributed by atoms with van der Waals surface area (Å²) in [6.07, 6.45) is 3.15. The van der Waals surface area contributed by atoms with Crippen LogP contribution in [0.5, 0.6) is 5.75 Å². The predicted octanol–water partition coefficient (Wildman–Crippen LogP) is 4.03. The fraction of sp³-hybridized carbons (Fsp3) is 0.417. The SMILES string of the molecule is CC(Oc1cc2nc(CCCN)nc(Nc3ccc(F)c(F)c3F)c2cc1N)C1CCNCC1. The van der Waals surface area contributed by atoms with Gasteiger partial charge in [0.2, 0.25) is 0 Å². The number of nitrogen functional groups attached to an aromatic ring is 1. The Morgan fingerprint density at radius 1 is 1.15 bits per heavy atom. The Bertz CT molecular complexity index is 1170. The molecule has 3 aromatic rings. The van der Waals surface area contributed by atoms with Gasteiger partial charge in [0.25, 0.3) is 0 Å². The Labute approximate surface area is 196 Å². The van der Waals surface area contributed by atoms with Crippen molar-refractivity contribution in [3.63, 3.8) is 0 Å². The molecule has 1 aromatic heterocycles. The molecule has 34 heavy (non-hydrogen) atoms. The minimum atomic E-state index is -1.56. The van der Waals surface area contributed by atoms with Gasteiger partial charge in [-0.2, -0.15) is 0 Å². The predicted molar refractivity (Wildman–Crippen MR) is 127 cm³/mol. The molecule has 6 N–H and O–H groups in total. The number of nitrogens with two attached hydrogens (primary N) is 2. The summed E-state index contributed by atoms with van der Waals surface area (Å²) in [5.74, 6) is -2.54. The van der Waals surface area contributed by atoms with E-state index in [0.29, 0.717) is 53.5 Å². The molecule has 1 aliphatic heterocycles. The number of fused-ring (bicyclic) bond motifs is 1. The van der Waals surface area contributed by atoms with E-state index in [1.165, 1.54) is 0 Å². The third kappa shape index (κ3) is 5.18. The zero-order valence-corrected chi connectivity index (χ0v) is 19.0. The first kappa shape index (κ1) is 24.0. The second kappa shape index (κ2) is 10.4. The zero-order valence-electron chi connectivity index (χ0n) is 19.0. The van der Waals surface area contributed by atoms with Crippen molar-refractivity contribution in [2.24, 2.45) is 11.7 Å². The van der Waals surface area contributed by atoms with Crippen LogP contribution in [-0.2, 0) is 6.42 Å². The number of aryl methyl sites for hydroxylation is 1. The molecule has 0 amide bonds. The number of nitrogens with zero attached hydrogens (tertiary/aromatic N) is 2. The van der Waals surface area contributed by atoms with E-state index >= 15 is 0 Å². The summed E-state index contributed by atoms with van der Waals surface area (Å²) < 4.78 is 47.7. The molecule has 0 aliphatic carbocycles. The molecule has 1 atom stereocenters. The summed E-state index contributed by atoms with van der Waals surface area (Å²) in [5, 5.41) is 6.62. The molecule has 2 heterocycles. The first-order valence-electron chi connectivity index (χ1n) is 11.5. The lowest BCUT2D eigenvalue weighted by molar-refractivity contribution is 0.129. The monoisotopic (exact) mass is 474 g/mol. The highest BCUT2D eigenvalue weighted by atomic mass is 19.2. The molecule has 1 saturated heterocycles. The van der Waals surface area contributed by atoms with Crippen molar-refractivity contribution in [2.75, 3.05) is 30.7 Å². The van der Waals surface area contributed by atoms with Gasteiger partial charge in [-0.15, -0.1) is 0 Å². The van der Waals surface area contributed by atoms with Crippen LogP contribution >= 0.6 is 0 Å². The number of hydrogen-bond donors (Lipinski definition) is 4. The van der Waals surface area contributed by atoms with E-state index in [9.17, 15) is 13.2 Å². The van der Waals surface area contributed by atoms with Crippen LogP contribution in [0.15, 0.2) is 24.3 Å². The molecular formula is C24H29F3N6O. The van der Waals surface area contributed by atoms with Crippen molar-refractivity contribution < 1.29 is 17.9 Å². The van der Waals surface area contributed by atoms with Crippen molar-refractivity contribution in [2.45, 2.75) is 38.7 Å². The molecule has 2 aromatic carbocycles. The van der Waals surface area contributed by atoms with Gasteiger partial charge in [0.05, 0.1) is 23.0 Å².